The molecule has 0 amide bonds. The van der Waals surface area contributed by atoms with Crippen LogP contribution in [0.1, 0.15) is 38.7 Å². The van der Waals surface area contributed by atoms with E-state index in [9.17, 15) is 17.9 Å². The quantitative estimate of drug-likeness (QED) is 0.514. The van der Waals surface area contributed by atoms with Crippen LogP contribution in [0.2, 0.25) is 0 Å². The molecule has 0 radical (unpaired) electrons. The minimum absolute atomic E-state index is 0.0308. The average Bonchev–Trinajstić information content (AvgIpc) is 2.85. The predicted molar refractivity (Wildman–Crippen MR) is 144 cm³/mol. The van der Waals surface area contributed by atoms with Crippen LogP contribution >= 0.6 is 0 Å². The lowest BCUT2D eigenvalue weighted by Gasteiger charge is -2.38. The molecule has 2 aromatic heterocycles. The number of piperidine rings is 1. The molecule has 0 aliphatic carbocycles. The zero-order valence-electron chi connectivity index (χ0n) is 21.4. The number of nitrogens with zero attached hydrogens (tertiary/aromatic N) is 5. The van der Waals surface area contributed by atoms with Gasteiger partial charge in [0, 0.05) is 43.1 Å². The van der Waals surface area contributed by atoms with E-state index in [1.54, 1.807) is 17.2 Å². The molecule has 11 heteroatoms. The molecule has 2 N–H and O–H groups in total. The fourth-order valence-corrected chi connectivity index (χ4v) is 6.13. The second kappa shape index (κ2) is 9.68. The first-order chi connectivity index (χ1) is 17.5. The molecule has 0 saturated carbocycles. The molecule has 2 aliphatic heterocycles. The summed E-state index contributed by atoms with van der Waals surface area (Å²) in [7, 11) is -2.98. The van der Waals surface area contributed by atoms with Gasteiger partial charge in [-0.2, -0.15) is 4.98 Å². The van der Waals surface area contributed by atoms with Gasteiger partial charge in [0.15, 0.2) is 9.84 Å². The van der Waals surface area contributed by atoms with E-state index in [2.05, 4.69) is 51.1 Å². The number of hydrogen-bond acceptors (Lipinski definition) is 9. The molecule has 2 aliphatic rings. The van der Waals surface area contributed by atoms with E-state index in [1.165, 1.54) is 12.5 Å². The van der Waals surface area contributed by atoms with Crippen molar-refractivity contribution in [2.75, 3.05) is 52.8 Å². The number of halogens is 1. The second-order valence-corrected chi connectivity index (χ2v) is 12.8. The maximum absolute atomic E-state index is 14.4. The Morgan fingerprint density at radius 1 is 1.08 bits per heavy atom. The van der Waals surface area contributed by atoms with Crippen LogP contribution in [-0.4, -0.2) is 77.9 Å². The number of alkyl halides is 1. The zero-order chi connectivity index (χ0) is 26.4. The number of nitrogens with one attached hydrogen (secondary N) is 1. The van der Waals surface area contributed by atoms with Gasteiger partial charge in [-0.3, -0.25) is 0 Å². The number of fused-ring (bicyclic) bond motifs is 1. The first-order valence-electron chi connectivity index (χ1n) is 12.6. The Labute approximate surface area is 216 Å². The van der Waals surface area contributed by atoms with Crippen molar-refractivity contribution in [3.63, 3.8) is 0 Å². The van der Waals surface area contributed by atoms with Crippen LogP contribution in [0.25, 0.3) is 10.8 Å². The van der Waals surface area contributed by atoms with Crippen molar-refractivity contribution < 1.29 is 17.9 Å². The van der Waals surface area contributed by atoms with Crippen molar-refractivity contribution in [1.82, 2.24) is 15.0 Å². The van der Waals surface area contributed by atoms with Crippen LogP contribution in [0.3, 0.4) is 0 Å². The highest BCUT2D eigenvalue weighted by Gasteiger charge is 2.38. The van der Waals surface area contributed by atoms with Crippen molar-refractivity contribution in [2.24, 2.45) is 0 Å². The number of aliphatic hydroxyl groups is 1. The van der Waals surface area contributed by atoms with E-state index in [0.717, 1.165) is 16.5 Å². The maximum atomic E-state index is 14.4. The molecule has 5 rings (SSSR count). The molecule has 0 bridgehead atoms. The van der Waals surface area contributed by atoms with E-state index >= 15 is 0 Å². The summed E-state index contributed by atoms with van der Waals surface area (Å²) in [5.41, 5.74) is 0.822. The lowest BCUT2D eigenvalue weighted by molar-refractivity contribution is -0.0332. The monoisotopic (exact) mass is 528 g/mol. The van der Waals surface area contributed by atoms with Gasteiger partial charge in [-0.1, -0.05) is 19.9 Å². The molecule has 0 unspecified atom stereocenters. The summed E-state index contributed by atoms with van der Waals surface area (Å²) in [5, 5.41) is 15.4. The van der Waals surface area contributed by atoms with Crippen LogP contribution in [0, 0.1) is 0 Å². The summed E-state index contributed by atoms with van der Waals surface area (Å²) < 4.78 is 38.3. The second-order valence-electron chi connectivity index (χ2n) is 10.5. The van der Waals surface area contributed by atoms with E-state index in [4.69, 9.17) is 0 Å². The predicted octanol–water partition coefficient (Wildman–Crippen LogP) is 3.43. The summed E-state index contributed by atoms with van der Waals surface area (Å²) in [5.74, 6) is 2.14. The highest BCUT2D eigenvalue weighted by molar-refractivity contribution is 7.91. The van der Waals surface area contributed by atoms with Gasteiger partial charge >= 0.3 is 0 Å². The third kappa shape index (κ3) is 5.33. The molecule has 2 atom stereocenters. The number of benzene rings is 1. The van der Waals surface area contributed by atoms with Crippen LogP contribution < -0.4 is 15.1 Å². The largest absolute Gasteiger partial charge is 0.387 e. The lowest BCUT2D eigenvalue weighted by Crippen LogP contribution is -2.52. The summed E-state index contributed by atoms with van der Waals surface area (Å²) in [6.45, 7) is 7.22. The Balaban J connectivity index is 1.43. The summed E-state index contributed by atoms with van der Waals surface area (Å²) in [4.78, 5) is 17.4. The number of pyridine rings is 1. The van der Waals surface area contributed by atoms with Crippen LogP contribution in [0.15, 0.2) is 36.7 Å². The van der Waals surface area contributed by atoms with Crippen LogP contribution in [0.5, 0.6) is 0 Å². The van der Waals surface area contributed by atoms with Gasteiger partial charge in [-0.15, -0.1) is 0 Å². The molecule has 0 spiro atoms. The maximum Gasteiger partial charge on any atom is 0.227 e. The minimum atomic E-state index is -2.98. The Kier molecular flexibility index (Phi) is 6.70. The first-order valence-corrected chi connectivity index (χ1v) is 14.4. The number of hydrogen-bond donors (Lipinski definition) is 2. The van der Waals surface area contributed by atoms with Crippen LogP contribution in [-0.2, 0) is 9.84 Å². The van der Waals surface area contributed by atoms with E-state index in [1.807, 2.05) is 12.3 Å². The molecule has 9 nitrogen and oxygen atoms in total. The Hall–Kier alpha value is -3.05. The Bertz CT molecular complexity index is 1400. The minimum Gasteiger partial charge on any atom is -0.387 e. The highest BCUT2D eigenvalue weighted by atomic mass is 32.2. The molecule has 198 valence electrons. The van der Waals surface area contributed by atoms with Crippen molar-refractivity contribution >= 4 is 43.9 Å². The van der Waals surface area contributed by atoms with E-state index in [-0.39, 0.29) is 24.0 Å². The molecule has 3 aromatic rings. The Morgan fingerprint density at radius 2 is 1.84 bits per heavy atom. The van der Waals surface area contributed by atoms with Gasteiger partial charge in [0.25, 0.3) is 0 Å². The lowest BCUT2D eigenvalue weighted by atomic mass is 9.92. The third-order valence-electron chi connectivity index (χ3n) is 7.34. The van der Waals surface area contributed by atoms with E-state index < -0.39 is 21.6 Å². The fourth-order valence-electron chi connectivity index (χ4n) is 4.93. The molecule has 2 fully saturated rings. The SMILES string of the molecule is CC(C)c1ccc(N2CCS(=O)(=O)CC2)c2cnc(Nc3ccnc(N4CC[C@@](C)(O)[C@@H](F)C4)n3)cc12. The van der Waals surface area contributed by atoms with Crippen LogP contribution in [0.4, 0.5) is 27.7 Å². The molecular weight excluding hydrogens is 495 g/mol. The van der Waals surface area contributed by atoms with Gasteiger partial charge in [-0.25, -0.2) is 22.8 Å². The highest BCUT2D eigenvalue weighted by Crippen LogP contribution is 2.35. The van der Waals surface area contributed by atoms with Gasteiger partial charge in [-0.05, 0) is 48.4 Å². The zero-order valence-corrected chi connectivity index (χ0v) is 22.2. The van der Waals surface area contributed by atoms with Gasteiger partial charge in [0.05, 0.1) is 23.7 Å². The normalized spacial score (nSPS) is 24.0. The third-order valence-corrected chi connectivity index (χ3v) is 8.95. The smallest absolute Gasteiger partial charge is 0.227 e. The average molecular weight is 529 g/mol. The molecule has 1 aromatic carbocycles. The Morgan fingerprint density at radius 3 is 2.54 bits per heavy atom. The van der Waals surface area contributed by atoms with Crippen molar-refractivity contribution in [3.8, 4) is 0 Å². The number of sulfone groups is 1. The van der Waals surface area contributed by atoms with Crippen molar-refractivity contribution in [3.05, 3.63) is 42.2 Å². The van der Waals surface area contributed by atoms with E-state index in [0.29, 0.717) is 43.6 Å². The molecule has 2 saturated heterocycles. The van der Waals surface area contributed by atoms with Gasteiger partial charge in [0.1, 0.15) is 17.8 Å². The molecular formula is C26H33FN6O3S. The molecule has 4 heterocycles. The summed E-state index contributed by atoms with van der Waals surface area (Å²) in [6, 6.07) is 7.90. The van der Waals surface area contributed by atoms with Crippen molar-refractivity contribution in [1.29, 1.82) is 0 Å². The number of aromatic nitrogens is 3. The number of rotatable bonds is 5. The molecule has 37 heavy (non-hydrogen) atoms. The first kappa shape index (κ1) is 25.6. The number of anilines is 4. The van der Waals surface area contributed by atoms with Crippen molar-refractivity contribution in [2.45, 2.75) is 44.9 Å². The summed E-state index contributed by atoms with van der Waals surface area (Å²) in [6.07, 6.45) is 2.36. The fraction of sp³-hybridized carbons (Fsp3) is 0.500. The summed E-state index contributed by atoms with van der Waals surface area (Å²) >= 11 is 0. The van der Waals surface area contributed by atoms with Gasteiger partial charge < -0.3 is 20.2 Å². The topological polar surface area (TPSA) is 112 Å². The standard InChI is InChI=1S/C26H33FN6O3S/c1-17(2)18-4-5-21(32-10-12-37(35,36)13-11-32)20-15-29-24(14-19(18)20)30-23-6-8-28-25(31-23)33-9-7-26(3,34)22(27)16-33/h4-6,8,14-15,17,22,34H,7,9-13,16H2,1-3H3,(H,28,29,30,31)/t22-,26+/m0/s1. The van der Waals surface area contributed by atoms with Gasteiger partial charge in [0.2, 0.25) is 5.95 Å².